The van der Waals surface area contributed by atoms with Crippen molar-refractivity contribution in [3.05, 3.63) is 52.4 Å². The van der Waals surface area contributed by atoms with Gasteiger partial charge in [0.2, 0.25) is 0 Å². The van der Waals surface area contributed by atoms with Crippen molar-refractivity contribution in [3.63, 3.8) is 0 Å². The van der Waals surface area contributed by atoms with E-state index < -0.39 is 17.1 Å². The molecule has 170 valence electrons. The molecule has 2 aliphatic carbocycles. The maximum absolute atomic E-state index is 12.8. The van der Waals surface area contributed by atoms with Crippen molar-refractivity contribution >= 4 is 22.7 Å². The minimum absolute atomic E-state index is 0.0464. The number of esters is 1. The van der Waals surface area contributed by atoms with Gasteiger partial charge in [-0.25, -0.2) is 4.79 Å². The lowest BCUT2D eigenvalue weighted by atomic mass is 9.47. The maximum atomic E-state index is 12.8. The number of hydrogen-bond acceptors (Lipinski definition) is 6. The second kappa shape index (κ2) is 7.91. The van der Waals surface area contributed by atoms with Gasteiger partial charge in [0.15, 0.2) is 0 Å². The van der Waals surface area contributed by atoms with Gasteiger partial charge in [-0.05, 0) is 43.0 Å². The Bertz CT molecular complexity index is 1160. The summed E-state index contributed by atoms with van der Waals surface area (Å²) in [7, 11) is 0. The third-order valence-corrected chi connectivity index (χ3v) is 7.51. The van der Waals surface area contributed by atoms with Gasteiger partial charge in [-0.2, -0.15) is 0 Å². The Hall–Kier alpha value is -2.89. The highest BCUT2D eigenvalue weighted by atomic mass is 16.5. The number of carbonyl (C=O) groups is 2. The van der Waals surface area contributed by atoms with Crippen molar-refractivity contribution in [2.24, 2.45) is 22.7 Å². The van der Waals surface area contributed by atoms with E-state index in [-0.39, 0.29) is 29.0 Å². The van der Waals surface area contributed by atoms with E-state index in [0.717, 1.165) is 11.0 Å². The molecule has 0 spiro atoms. The molecule has 0 bridgehead atoms. The summed E-state index contributed by atoms with van der Waals surface area (Å²) in [6.45, 7) is 9.97. The minimum atomic E-state index is -0.616. The molecule has 32 heavy (non-hydrogen) atoms. The predicted molar refractivity (Wildman–Crippen MR) is 120 cm³/mol. The molecule has 1 heterocycles. The van der Waals surface area contributed by atoms with Crippen LogP contribution in [0.1, 0.15) is 47.5 Å². The Morgan fingerprint density at radius 3 is 2.59 bits per heavy atom. The molecule has 4 rings (SSSR count). The molecular formula is C26H30O6. The number of Topliss-reactive ketones (excluding diaryl/α,β-unsaturated/α-hetero) is 1. The van der Waals surface area contributed by atoms with Crippen LogP contribution < -0.4 is 10.4 Å². The molecule has 0 N–H and O–H groups in total. The van der Waals surface area contributed by atoms with Gasteiger partial charge in [-0.1, -0.05) is 26.3 Å². The van der Waals surface area contributed by atoms with Crippen molar-refractivity contribution in [2.75, 3.05) is 6.61 Å². The van der Waals surface area contributed by atoms with Gasteiger partial charge in [0.05, 0.1) is 6.61 Å². The first-order valence-electron chi connectivity index (χ1n) is 11.1. The first-order chi connectivity index (χ1) is 15.0. The molecule has 1 saturated carbocycles. The van der Waals surface area contributed by atoms with Crippen LogP contribution in [0.2, 0.25) is 0 Å². The summed E-state index contributed by atoms with van der Waals surface area (Å²) in [5.41, 5.74) is 0.276. The fourth-order valence-electron chi connectivity index (χ4n) is 5.95. The normalized spacial score (nSPS) is 29.2. The summed E-state index contributed by atoms with van der Waals surface area (Å²) in [4.78, 5) is 36.2. The number of rotatable bonds is 4. The van der Waals surface area contributed by atoms with Crippen LogP contribution in [0, 0.1) is 22.7 Å². The van der Waals surface area contributed by atoms with E-state index in [2.05, 4.69) is 6.92 Å². The number of ketones is 1. The minimum Gasteiger partial charge on any atom is -0.493 e. The topological polar surface area (TPSA) is 82.8 Å². The van der Waals surface area contributed by atoms with Crippen LogP contribution in [-0.2, 0) is 14.3 Å². The van der Waals surface area contributed by atoms with Gasteiger partial charge in [0, 0.05) is 48.1 Å². The first kappa shape index (κ1) is 22.3. The van der Waals surface area contributed by atoms with Crippen molar-refractivity contribution in [2.45, 2.75) is 53.6 Å². The molecule has 0 unspecified atom stereocenters. The van der Waals surface area contributed by atoms with Crippen molar-refractivity contribution in [1.29, 1.82) is 0 Å². The first-order valence-corrected chi connectivity index (χ1v) is 11.1. The molecule has 1 fully saturated rings. The summed E-state index contributed by atoms with van der Waals surface area (Å²) in [6, 6.07) is 8.57. The van der Waals surface area contributed by atoms with E-state index in [9.17, 15) is 14.4 Å². The average molecular weight is 439 g/mol. The van der Waals surface area contributed by atoms with Gasteiger partial charge >= 0.3 is 11.6 Å². The van der Waals surface area contributed by atoms with Gasteiger partial charge in [0.1, 0.15) is 23.2 Å². The van der Waals surface area contributed by atoms with Crippen LogP contribution in [0.4, 0.5) is 0 Å². The average Bonchev–Trinajstić information content (AvgIpc) is 2.69. The molecule has 6 nitrogen and oxygen atoms in total. The third kappa shape index (κ3) is 3.76. The zero-order valence-corrected chi connectivity index (χ0v) is 19.3. The molecule has 0 saturated heterocycles. The Morgan fingerprint density at radius 1 is 1.16 bits per heavy atom. The standard InChI is InChI=1S/C26H30O6/c1-15-12-21(31-16(2)27)24-25(3,4)22(28)10-11-26(24,5)19(15)14-30-18-8-6-17-7-9-23(29)32-20(17)13-18/h6-9,12-13,19,21,24H,10-11,14H2,1-5H3/t19-,21+,24-,26+/m1/s1. The SMILES string of the molecule is CC(=O)O[C@H]1C=C(C)[C@@H](COc2ccc3ccc(=O)oc3c2)[C@]2(C)CCC(=O)C(C)(C)[C@@H]12. The molecule has 6 heteroatoms. The maximum Gasteiger partial charge on any atom is 0.336 e. The molecule has 1 aromatic heterocycles. The zero-order chi connectivity index (χ0) is 23.3. The number of fused-ring (bicyclic) bond motifs is 2. The lowest BCUT2D eigenvalue weighted by Gasteiger charge is -2.57. The van der Waals surface area contributed by atoms with Crippen molar-refractivity contribution < 1.29 is 23.5 Å². The van der Waals surface area contributed by atoms with E-state index in [1.165, 1.54) is 13.0 Å². The second-order valence-electron chi connectivity index (χ2n) is 9.93. The Kier molecular flexibility index (Phi) is 5.51. The van der Waals surface area contributed by atoms with E-state index >= 15 is 0 Å². The molecule has 2 aliphatic rings. The summed E-state index contributed by atoms with van der Waals surface area (Å²) in [6.07, 6.45) is 2.76. The fourth-order valence-corrected chi connectivity index (χ4v) is 5.95. The van der Waals surface area contributed by atoms with E-state index in [0.29, 0.717) is 30.8 Å². The van der Waals surface area contributed by atoms with E-state index in [4.69, 9.17) is 13.9 Å². The Labute approximate surface area is 187 Å². The Morgan fingerprint density at radius 2 is 1.88 bits per heavy atom. The molecular weight excluding hydrogens is 408 g/mol. The molecule has 0 amide bonds. The highest BCUT2D eigenvalue weighted by molar-refractivity contribution is 5.86. The highest BCUT2D eigenvalue weighted by Gasteiger charge is 2.59. The van der Waals surface area contributed by atoms with Crippen LogP contribution in [0.15, 0.2) is 51.2 Å². The lowest BCUT2D eigenvalue weighted by Crippen LogP contribution is -2.58. The van der Waals surface area contributed by atoms with Crippen molar-refractivity contribution in [1.82, 2.24) is 0 Å². The molecule has 1 aromatic carbocycles. The number of ether oxygens (including phenoxy) is 2. The highest BCUT2D eigenvalue weighted by Crippen LogP contribution is 2.59. The van der Waals surface area contributed by atoms with Gasteiger partial charge in [-0.15, -0.1) is 0 Å². The molecule has 4 atom stereocenters. The summed E-state index contributed by atoms with van der Waals surface area (Å²) in [5.74, 6) is 0.377. The number of benzene rings is 1. The van der Waals surface area contributed by atoms with Crippen LogP contribution in [0.3, 0.4) is 0 Å². The number of hydrogen-bond donors (Lipinski definition) is 0. The van der Waals surface area contributed by atoms with Gasteiger partial charge in [0.25, 0.3) is 0 Å². The fraction of sp³-hybridized carbons (Fsp3) is 0.500. The van der Waals surface area contributed by atoms with Gasteiger partial charge < -0.3 is 13.9 Å². The summed E-state index contributed by atoms with van der Waals surface area (Å²) >= 11 is 0. The predicted octanol–water partition coefficient (Wildman–Crippen LogP) is 4.69. The van der Waals surface area contributed by atoms with Crippen LogP contribution in [0.5, 0.6) is 5.75 Å². The van der Waals surface area contributed by atoms with Crippen molar-refractivity contribution in [3.8, 4) is 5.75 Å². The lowest BCUT2D eigenvalue weighted by molar-refractivity contribution is -0.169. The molecule has 0 aliphatic heterocycles. The van der Waals surface area contributed by atoms with Crippen LogP contribution in [0.25, 0.3) is 11.0 Å². The second-order valence-corrected chi connectivity index (χ2v) is 9.93. The third-order valence-electron chi connectivity index (χ3n) is 7.51. The van der Waals surface area contributed by atoms with E-state index in [1.807, 2.05) is 39.0 Å². The zero-order valence-electron chi connectivity index (χ0n) is 19.3. The molecule has 0 radical (unpaired) electrons. The smallest absolute Gasteiger partial charge is 0.336 e. The summed E-state index contributed by atoms with van der Waals surface area (Å²) < 4.78 is 17.2. The van der Waals surface area contributed by atoms with Crippen LogP contribution >= 0.6 is 0 Å². The quantitative estimate of drug-likeness (QED) is 0.391. The monoisotopic (exact) mass is 438 g/mol. The van der Waals surface area contributed by atoms with Crippen LogP contribution in [-0.4, -0.2) is 24.5 Å². The summed E-state index contributed by atoms with van der Waals surface area (Å²) in [5, 5.41) is 0.828. The van der Waals surface area contributed by atoms with E-state index in [1.54, 1.807) is 12.1 Å². The Balaban J connectivity index is 1.66. The molecule has 2 aromatic rings. The number of carbonyl (C=O) groups excluding carboxylic acids is 2. The van der Waals surface area contributed by atoms with Gasteiger partial charge in [-0.3, -0.25) is 9.59 Å². The largest absolute Gasteiger partial charge is 0.493 e.